The number of amides is 1. The Morgan fingerprint density at radius 3 is 2.86 bits per heavy atom. The van der Waals surface area contributed by atoms with E-state index in [1.165, 1.54) is 0 Å². The summed E-state index contributed by atoms with van der Waals surface area (Å²) in [6.07, 6.45) is 6.39. The second-order valence-corrected chi connectivity index (χ2v) is 5.91. The first-order chi connectivity index (χ1) is 10.1. The van der Waals surface area contributed by atoms with Crippen LogP contribution in [-0.2, 0) is 11.2 Å². The maximum absolute atomic E-state index is 12.4. The highest BCUT2D eigenvalue weighted by Gasteiger charge is 2.24. The normalized spacial score (nSPS) is 17.2. The number of rotatable bonds is 3. The molecular formula is C16H22N4O. The standard InChI is InChI=1S/C16H22N4O/c1-18-9-6-14(7-10-18)19(2)16(21)11-13-12-20-8-4-3-5-15(20)17-13/h3-5,8,12,14H,6-7,9-11H2,1-2H3. The van der Waals surface area contributed by atoms with Crippen LogP contribution in [0.3, 0.4) is 0 Å². The highest BCUT2D eigenvalue weighted by atomic mass is 16.2. The zero-order chi connectivity index (χ0) is 14.8. The number of hydrogen-bond acceptors (Lipinski definition) is 3. The van der Waals surface area contributed by atoms with Crippen LogP contribution in [0.25, 0.3) is 5.65 Å². The first kappa shape index (κ1) is 14.1. The number of likely N-dealkylation sites (N-methyl/N-ethyl adjacent to an activating group) is 1. The molecule has 0 unspecified atom stereocenters. The van der Waals surface area contributed by atoms with Crippen LogP contribution in [0.2, 0.25) is 0 Å². The molecule has 1 saturated heterocycles. The van der Waals surface area contributed by atoms with Crippen LogP contribution in [0.1, 0.15) is 18.5 Å². The molecular weight excluding hydrogens is 264 g/mol. The number of pyridine rings is 1. The van der Waals surface area contributed by atoms with Gasteiger partial charge in [-0.2, -0.15) is 0 Å². The number of fused-ring (bicyclic) bond motifs is 1. The van der Waals surface area contributed by atoms with Crippen molar-refractivity contribution in [2.24, 2.45) is 0 Å². The minimum absolute atomic E-state index is 0.160. The van der Waals surface area contributed by atoms with Gasteiger partial charge >= 0.3 is 0 Å². The van der Waals surface area contributed by atoms with E-state index in [0.29, 0.717) is 12.5 Å². The third-order valence-electron chi connectivity index (χ3n) is 4.38. The maximum Gasteiger partial charge on any atom is 0.228 e. The number of aromatic nitrogens is 2. The van der Waals surface area contributed by atoms with Crippen molar-refractivity contribution in [1.29, 1.82) is 0 Å². The van der Waals surface area contributed by atoms with E-state index in [1.807, 2.05) is 46.9 Å². The fourth-order valence-corrected chi connectivity index (χ4v) is 2.94. The van der Waals surface area contributed by atoms with Crippen LogP contribution in [-0.4, -0.2) is 58.3 Å². The summed E-state index contributed by atoms with van der Waals surface area (Å²) in [5.41, 5.74) is 1.73. The summed E-state index contributed by atoms with van der Waals surface area (Å²) < 4.78 is 1.96. The number of likely N-dealkylation sites (tertiary alicyclic amines) is 1. The van der Waals surface area contributed by atoms with Gasteiger partial charge in [-0.1, -0.05) is 6.07 Å². The van der Waals surface area contributed by atoms with Crippen molar-refractivity contribution in [2.75, 3.05) is 27.2 Å². The number of carbonyl (C=O) groups is 1. The van der Waals surface area contributed by atoms with E-state index in [0.717, 1.165) is 37.3 Å². The first-order valence-electron chi connectivity index (χ1n) is 7.50. The number of nitrogens with zero attached hydrogens (tertiary/aromatic N) is 4. The number of hydrogen-bond donors (Lipinski definition) is 0. The van der Waals surface area contributed by atoms with Gasteiger partial charge in [0.25, 0.3) is 0 Å². The fraction of sp³-hybridized carbons (Fsp3) is 0.500. The van der Waals surface area contributed by atoms with Gasteiger partial charge in [0.2, 0.25) is 5.91 Å². The molecule has 1 aliphatic rings. The van der Waals surface area contributed by atoms with E-state index in [2.05, 4.69) is 16.9 Å². The Kier molecular flexibility index (Phi) is 3.92. The van der Waals surface area contributed by atoms with Crippen LogP contribution in [0.5, 0.6) is 0 Å². The SMILES string of the molecule is CN1CCC(N(C)C(=O)Cc2cn3ccccc3n2)CC1. The van der Waals surface area contributed by atoms with Gasteiger partial charge < -0.3 is 14.2 Å². The molecule has 1 aliphatic heterocycles. The number of piperidine rings is 1. The molecule has 3 rings (SSSR count). The van der Waals surface area contributed by atoms with Crippen LogP contribution < -0.4 is 0 Å². The third kappa shape index (κ3) is 3.08. The molecule has 1 amide bonds. The molecule has 21 heavy (non-hydrogen) atoms. The Bertz CT molecular complexity index is 595. The van der Waals surface area contributed by atoms with Gasteiger partial charge in [-0.05, 0) is 45.1 Å². The Morgan fingerprint density at radius 1 is 1.38 bits per heavy atom. The van der Waals surface area contributed by atoms with Crippen molar-refractivity contribution in [1.82, 2.24) is 19.2 Å². The molecule has 1 fully saturated rings. The van der Waals surface area contributed by atoms with E-state index in [4.69, 9.17) is 0 Å². The molecule has 2 aromatic heterocycles. The van der Waals surface area contributed by atoms with Gasteiger partial charge in [0.1, 0.15) is 5.65 Å². The maximum atomic E-state index is 12.4. The lowest BCUT2D eigenvalue weighted by Gasteiger charge is -2.35. The summed E-state index contributed by atoms with van der Waals surface area (Å²) >= 11 is 0. The smallest absolute Gasteiger partial charge is 0.228 e. The van der Waals surface area contributed by atoms with E-state index in [1.54, 1.807) is 0 Å². The minimum Gasteiger partial charge on any atom is -0.342 e. The highest BCUT2D eigenvalue weighted by Crippen LogP contribution is 2.15. The van der Waals surface area contributed by atoms with Crippen molar-refractivity contribution in [3.05, 3.63) is 36.3 Å². The van der Waals surface area contributed by atoms with E-state index >= 15 is 0 Å². The molecule has 5 nitrogen and oxygen atoms in total. The molecule has 0 bridgehead atoms. The lowest BCUT2D eigenvalue weighted by molar-refractivity contribution is -0.132. The van der Waals surface area contributed by atoms with Crippen molar-refractivity contribution in [3.63, 3.8) is 0 Å². The zero-order valence-corrected chi connectivity index (χ0v) is 12.7. The van der Waals surface area contributed by atoms with Crippen molar-refractivity contribution < 1.29 is 4.79 Å². The van der Waals surface area contributed by atoms with Crippen LogP contribution in [0.15, 0.2) is 30.6 Å². The molecule has 0 spiro atoms. The third-order valence-corrected chi connectivity index (χ3v) is 4.38. The highest BCUT2D eigenvalue weighted by molar-refractivity contribution is 5.78. The molecule has 3 heterocycles. The summed E-state index contributed by atoms with van der Waals surface area (Å²) in [7, 11) is 4.06. The fourth-order valence-electron chi connectivity index (χ4n) is 2.94. The van der Waals surface area contributed by atoms with Crippen LogP contribution >= 0.6 is 0 Å². The lowest BCUT2D eigenvalue weighted by atomic mass is 10.0. The summed E-state index contributed by atoms with van der Waals surface area (Å²) in [6.45, 7) is 2.13. The Hall–Kier alpha value is -1.88. The van der Waals surface area contributed by atoms with Gasteiger partial charge in [0.15, 0.2) is 0 Å². The quantitative estimate of drug-likeness (QED) is 0.857. The van der Waals surface area contributed by atoms with Gasteiger partial charge in [-0.3, -0.25) is 4.79 Å². The Balaban J connectivity index is 1.65. The first-order valence-corrected chi connectivity index (χ1v) is 7.50. The topological polar surface area (TPSA) is 40.9 Å². The molecule has 0 radical (unpaired) electrons. The summed E-state index contributed by atoms with van der Waals surface area (Å²) in [6, 6.07) is 6.24. The monoisotopic (exact) mass is 286 g/mol. The minimum atomic E-state index is 0.160. The molecule has 112 valence electrons. The summed E-state index contributed by atoms with van der Waals surface area (Å²) in [5.74, 6) is 0.160. The van der Waals surface area contributed by atoms with Crippen molar-refractivity contribution in [3.8, 4) is 0 Å². The second-order valence-electron chi connectivity index (χ2n) is 5.91. The van der Waals surface area contributed by atoms with E-state index in [9.17, 15) is 4.79 Å². The molecule has 0 aliphatic carbocycles. The molecule has 0 aromatic carbocycles. The van der Waals surface area contributed by atoms with Crippen LogP contribution in [0.4, 0.5) is 0 Å². The largest absolute Gasteiger partial charge is 0.342 e. The average molecular weight is 286 g/mol. The van der Waals surface area contributed by atoms with Gasteiger partial charge in [-0.25, -0.2) is 4.98 Å². The van der Waals surface area contributed by atoms with Crippen LogP contribution in [0, 0.1) is 0 Å². The molecule has 0 atom stereocenters. The Labute approximate surface area is 125 Å². The predicted octanol–water partition coefficient (Wildman–Crippen LogP) is 1.43. The molecule has 5 heteroatoms. The van der Waals surface area contributed by atoms with Gasteiger partial charge in [0.05, 0.1) is 12.1 Å². The van der Waals surface area contributed by atoms with Gasteiger partial charge in [-0.15, -0.1) is 0 Å². The summed E-state index contributed by atoms with van der Waals surface area (Å²) in [4.78, 5) is 21.2. The number of carbonyl (C=O) groups excluding carboxylic acids is 1. The molecule has 0 N–H and O–H groups in total. The van der Waals surface area contributed by atoms with Crippen molar-refractivity contribution in [2.45, 2.75) is 25.3 Å². The van der Waals surface area contributed by atoms with Crippen molar-refractivity contribution >= 4 is 11.6 Å². The summed E-state index contributed by atoms with van der Waals surface area (Å²) in [5, 5.41) is 0. The zero-order valence-electron chi connectivity index (χ0n) is 12.7. The van der Waals surface area contributed by atoms with Gasteiger partial charge in [0, 0.05) is 25.5 Å². The second kappa shape index (κ2) is 5.85. The van der Waals surface area contributed by atoms with E-state index < -0.39 is 0 Å². The lowest BCUT2D eigenvalue weighted by Crippen LogP contribution is -2.45. The molecule has 2 aromatic rings. The molecule has 0 saturated carbocycles. The predicted molar refractivity (Wildman–Crippen MR) is 82.2 cm³/mol. The van der Waals surface area contributed by atoms with E-state index in [-0.39, 0.29) is 5.91 Å². The Morgan fingerprint density at radius 2 is 2.14 bits per heavy atom. The number of imidazole rings is 1. The average Bonchev–Trinajstić information content (AvgIpc) is 2.89.